The van der Waals surface area contributed by atoms with Gasteiger partial charge in [0.15, 0.2) is 0 Å². The maximum atomic E-state index is 6.39. The summed E-state index contributed by atoms with van der Waals surface area (Å²) in [6.45, 7) is -1.03. The summed E-state index contributed by atoms with van der Waals surface area (Å²) in [5.41, 5.74) is 4.01. The van der Waals surface area contributed by atoms with Crippen LogP contribution in [0.4, 0.5) is 0 Å². The van der Waals surface area contributed by atoms with Crippen molar-refractivity contribution in [2.75, 3.05) is 6.16 Å². The Morgan fingerprint density at radius 3 is 1.12 bits per heavy atom. The Balaban J connectivity index is 1.97. The van der Waals surface area contributed by atoms with E-state index in [4.69, 9.17) is 22.5 Å². The topological polar surface area (TPSA) is 0 Å². The van der Waals surface area contributed by atoms with Gasteiger partial charge < -0.3 is 0 Å². The van der Waals surface area contributed by atoms with Crippen LogP contribution in [0.5, 0.6) is 0 Å². The van der Waals surface area contributed by atoms with Crippen molar-refractivity contribution < 1.29 is 0 Å². The van der Waals surface area contributed by atoms with Crippen LogP contribution in [-0.2, 0) is 19.3 Å². The van der Waals surface area contributed by atoms with Gasteiger partial charge >= 0.3 is 0 Å². The van der Waals surface area contributed by atoms with Crippen molar-refractivity contribution in [3.63, 3.8) is 0 Å². The lowest BCUT2D eigenvalue weighted by Gasteiger charge is -2.35. The lowest BCUT2D eigenvalue weighted by atomic mass is 9.74. The summed E-state index contributed by atoms with van der Waals surface area (Å²) in [5, 5.41) is 0. The molecule has 134 valence electrons. The third kappa shape index (κ3) is 5.85. The molecule has 0 saturated carbocycles. The van der Waals surface area contributed by atoms with E-state index >= 15 is 0 Å². The van der Waals surface area contributed by atoms with Crippen LogP contribution >= 0.6 is 29.1 Å². The summed E-state index contributed by atoms with van der Waals surface area (Å²) in [5.74, 6) is 0. The molecule has 0 N–H and O–H groups in total. The highest BCUT2D eigenvalue weighted by Crippen LogP contribution is 2.53. The average Bonchev–Trinajstić information content (AvgIpc) is 2.63. The molecule has 0 aliphatic rings. The SMILES string of the molecule is ClP(Cl)CC(Cc1ccccc1)(Cc1ccccc1)Cc1ccccc1. The Kier molecular flexibility index (Phi) is 7.15. The van der Waals surface area contributed by atoms with E-state index in [0.717, 1.165) is 25.4 Å². The molecule has 0 amide bonds. The molecule has 0 aliphatic carbocycles. The molecule has 0 aliphatic heterocycles. The first-order valence-electron chi connectivity index (χ1n) is 8.86. The van der Waals surface area contributed by atoms with Gasteiger partial charge in [0.1, 0.15) is 0 Å². The number of rotatable bonds is 8. The van der Waals surface area contributed by atoms with Gasteiger partial charge in [-0.05, 0) is 41.4 Å². The zero-order valence-electron chi connectivity index (χ0n) is 14.7. The quantitative estimate of drug-likeness (QED) is 0.343. The van der Waals surface area contributed by atoms with E-state index < -0.39 is 6.63 Å². The monoisotopic (exact) mass is 400 g/mol. The average molecular weight is 401 g/mol. The molecule has 0 radical (unpaired) electrons. The fourth-order valence-electron chi connectivity index (χ4n) is 3.70. The first-order valence-corrected chi connectivity index (χ1v) is 12.2. The summed E-state index contributed by atoms with van der Waals surface area (Å²) in [7, 11) is 0. The zero-order chi connectivity index (χ0) is 18.2. The molecule has 0 unspecified atom stereocenters. The number of hydrogen-bond acceptors (Lipinski definition) is 0. The highest BCUT2D eigenvalue weighted by Gasteiger charge is 2.33. The normalized spacial score (nSPS) is 11.7. The van der Waals surface area contributed by atoms with Crippen molar-refractivity contribution in [1.29, 1.82) is 0 Å². The predicted molar refractivity (Wildman–Crippen MR) is 116 cm³/mol. The van der Waals surface area contributed by atoms with E-state index in [0.29, 0.717) is 0 Å². The highest BCUT2D eigenvalue weighted by atomic mass is 35.9. The molecule has 3 heteroatoms. The van der Waals surface area contributed by atoms with Crippen LogP contribution in [0.2, 0.25) is 0 Å². The summed E-state index contributed by atoms with van der Waals surface area (Å²) in [6.07, 6.45) is 3.73. The fourth-order valence-corrected chi connectivity index (χ4v) is 6.06. The molecule has 0 spiro atoms. The summed E-state index contributed by atoms with van der Waals surface area (Å²) < 4.78 is 0. The Labute approximate surface area is 167 Å². The van der Waals surface area contributed by atoms with E-state index in [2.05, 4.69) is 91.0 Å². The standard InChI is InChI=1S/C23H23Cl2P/c24-26(25)19-23(16-20-10-4-1-5-11-20,17-21-12-6-2-7-13-21)18-22-14-8-3-9-15-22/h1-15H,16-19H2. The summed E-state index contributed by atoms with van der Waals surface area (Å²) >= 11 is 12.8. The smallest absolute Gasteiger partial charge is 0.0781 e. The van der Waals surface area contributed by atoms with E-state index in [-0.39, 0.29) is 5.41 Å². The molecule has 3 aromatic carbocycles. The van der Waals surface area contributed by atoms with Gasteiger partial charge in [-0.3, -0.25) is 0 Å². The molecule has 26 heavy (non-hydrogen) atoms. The maximum Gasteiger partial charge on any atom is 0.0860 e. The minimum Gasteiger partial charge on any atom is -0.0781 e. The van der Waals surface area contributed by atoms with Gasteiger partial charge in [-0.1, -0.05) is 113 Å². The first-order chi connectivity index (χ1) is 12.7. The van der Waals surface area contributed by atoms with Crippen molar-refractivity contribution in [3.05, 3.63) is 108 Å². The molecular weight excluding hydrogens is 378 g/mol. The van der Waals surface area contributed by atoms with Crippen LogP contribution in [-0.4, -0.2) is 6.16 Å². The molecule has 0 saturated heterocycles. The molecule has 0 atom stereocenters. The zero-order valence-corrected chi connectivity index (χ0v) is 17.1. The van der Waals surface area contributed by atoms with Gasteiger partial charge in [0.05, 0.1) is 6.63 Å². The number of halogens is 2. The van der Waals surface area contributed by atoms with Crippen molar-refractivity contribution in [1.82, 2.24) is 0 Å². The minimum atomic E-state index is -1.03. The summed E-state index contributed by atoms with van der Waals surface area (Å²) in [6, 6.07) is 32.1. The Morgan fingerprint density at radius 1 is 0.538 bits per heavy atom. The van der Waals surface area contributed by atoms with Gasteiger partial charge in [-0.15, -0.1) is 0 Å². The largest absolute Gasteiger partial charge is 0.0860 e. The van der Waals surface area contributed by atoms with Crippen LogP contribution in [0.25, 0.3) is 0 Å². The van der Waals surface area contributed by atoms with E-state index in [1.54, 1.807) is 0 Å². The predicted octanol–water partition coefficient (Wildman–Crippen LogP) is 7.49. The Morgan fingerprint density at radius 2 is 0.846 bits per heavy atom. The molecule has 0 fully saturated rings. The second-order valence-corrected chi connectivity index (χ2v) is 10.8. The van der Waals surface area contributed by atoms with Gasteiger partial charge in [0.25, 0.3) is 0 Å². The van der Waals surface area contributed by atoms with Crippen molar-refractivity contribution in [3.8, 4) is 0 Å². The third-order valence-electron chi connectivity index (χ3n) is 4.72. The van der Waals surface area contributed by atoms with Crippen LogP contribution < -0.4 is 0 Å². The summed E-state index contributed by atoms with van der Waals surface area (Å²) in [4.78, 5) is 0. The molecule has 0 aromatic heterocycles. The number of hydrogen-bond donors (Lipinski definition) is 0. The second-order valence-electron chi connectivity index (χ2n) is 6.95. The molecule has 3 aromatic rings. The molecular formula is C23H23Cl2P. The first kappa shape index (κ1) is 19.4. The molecule has 0 heterocycles. The van der Waals surface area contributed by atoms with E-state index in [9.17, 15) is 0 Å². The van der Waals surface area contributed by atoms with E-state index in [1.165, 1.54) is 16.7 Å². The van der Waals surface area contributed by atoms with Crippen LogP contribution in [0.1, 0.15) is 16.7 Å². The van der Waals surface area contributed by atoms with E-state index in [1.807, 2.05) is 0 Å². The fraction of sp³-hybridized carbons (Fsp3) is 0.217. The van der Waals surface area contributed by atoms with Crippen LogP contribution in [0.15, 0.2) is 91.0 Å². The van der Waals surface area contributed by atoms with Gasteiger partial charge in [0.2, 0.25) is 0 Å². The lowest BCUT2D eigenvalue weighted by molar-refractivity contribution is 0.324. The minimum absolute atomic E-state index is 0.000730. The molecule has 3 rings (SSSR count). The van der Waals surface area contributed by atoms with Gasteiger partial charge in [-0.2, -0.15) is 0 Å². The van der Waals surface area contributed by atoms with Crippen molar-refractivity contribution in [2.24, 2.45) is 5.41 Å². The van der Waals surface area contributed by atoms with Gasteiger partial charge in [-0.25, -0.2) is 0 Å². The van der Waals surface area contributed by atoms with Crippen LogP contribution in [0.3, 0.4) is 0 Å². The highest BCUT2D eigenvalue weighted by molar-refractivity contribution is 8.03. The Hall–Kier alpha value is -1.33. The molecule has 0 bridgehead atoms. The number of benzene rings is 3. The van der Waals surface area contributed by atoms with Crippen LogP contribution in [0, 0.1) is 5.41 Å². The maximum absolute atomic E-state index is 6.39. The second kappa shape index (κ2) is 9.56. The Bertz CT molecular complexity index is 672. The third-order valence-corrected chi connectivity index (χ3v) is 6.35. The van der Waals surface area contributed by atoms with Gasteiger partial charge in [0, 0.05) is 6.16 Å². The lowest BCUT2D eigenvalue weighted by Crippen LogP contribution is -2.32. The van der Waals surface area contributed by atoms with Crippen molar-refractivity contribution in [2.45, 2.75) is 19.3 Å². The molecule has 0 nitrogen and oxygen atoms in total. The van der Waals surface area contributed by atoms with Crippen molar-refractivity contribution >= 4 is 29.1 Å².